The predicted molar refractivity (Wildman–Crippen MR) is 112 cm³/mol. The maximum Gasteiger partial charge on any atom is 0.254 e. The molecule has 2 aromatic rings. The number of nitrogens with zero attached hydrogens (tertiary/aromatic N) is 2. The number of methoxy groups -OCH3 is 2. The fourth-order valence-electron chi connectivity index (χ4n) is 3.43. The van der Waals surface area contributed by atoms with Gasteiger partial charge in [-0.3, -0.25) is 9.10 Å². The minimum atomic E-state index is -3.29. The largest absolute Gasteiger partial charge is 0.493 e. The number of hydrogen-bond acceptors (Lipinski definition) is 5. The van der Waals surface area contributed by atoms with Crippen LogP contribution in [0.4, 0.5) is 5.69 Å². The Hall–Kier alpha value is -2.74. The second-order valence-electron chi connectivity index (χ2n) is 6.80. The van der Waals surface area contributed by atoms with Crippen LogP contribution in [-0.2, 0) is 16.6 Å². The summed E-state index contributed by atoms with van der Waals surface area (Å²) in [6.45, 7) is 3.28. The van der Waals surface area contributed by atoms with Crippen molar-refractivity contribution in [2.75, 3.05) is 37.4 Å². The SMILES string of the molecule is CCN(Cc1ccc(OC)c(OC)c1)C(=O)c1cccc(N2CCCS2(=O)=O)c1. The zero-order valence-corrected chi connectivity index (χ0v) is 17.7. The Morgan fingerprint density at radius 2 is 1.86 bits per heavy atom. The summed E-state index contributed by atoms with van der Waals surface area (Å²) in [5.74, 6) is 1.23. The number of amides is 1. The number of anilines is 1. The Kier molecular flexibility index (Phi) is 6.32. The molecule has 1 aliphatic rings. The van der Waals surface area contributed by atoms with Gasteiger partial charge in [-0.05, 0) is 49.2 Å². The van der Waals surface area contributed by atoms with E-state index in [-0.39, 0.29) is 11.7 Å². The molecule has 0 atom stereocenters. The summed E-state index contributed by atoms with van der Waals surface area (Å²) < 4.78 is 36.4. The van der Waals surface area contributed by atoms with Crippen molar-refractivity contribution in [3.63, 3.8) is 0 Å². The van der Waals surface area contributed by atoms with Crippen LogP contribution in [0.15, 0.2) is 42.5 Å². The van der Waals surface area contributed by atoms with Crippen LogP contribution in [0.2, 0.25) is 0 Å². The Balaban J connectivity index is 1.82. The lowest BCUT2D eigenvalue weighted by Gasteiger charge is -2.23. The van der Waals surface area contributed by atoms with Crippen molar-refractivity contribution in [1.82, 2.24) is 4.90 Å². The molecule has 156 valence electrons. The van der Waals surface area contributed by atoms with E-state index in [0.29, 0.717) is 48.8 Å². The molecule has 1 heterocycles. The van der Waals surface area contributed by atoms with E-state index in [1.54, 1.807) is 43.4 Å². The summed E-state index contributed by atoms with van der Waals surface area (Å²) in [5, 5.41) is 0. The highest BCUT2D eigenvalue weighted by Crippen LogP contribution is 2.29. The minimum Gasteiger partial charge on any atom is -0.493 e. The lowest BCUT2D eigenvalue weighted by molar-refractivity contribution is 0.0752. The van der Waals surface area contributed by atoms with Gasteiger partial charge in [-0.25, -0.2) is 8.42 Å². The topological polar surface area (TPSA) is 76.2 Å². The van der Waals surface area contributed by atoms with Crippen molar-refractivity contribution in [1.29, 1.82) is 0 Å². The maximum atomic E-state index is 13.1. The molecule has 3 rings (SSSR count). The highest BCUT2D eigenvalue weighted by molar-refractivity contribution is 7.93. The number of ether oxygens (including phenoxy) is 2. The number of benzene rings is 2. The molecular weight excluding hydrogens is 392 g/mol. The zero-order chi connectivity index (χ0) is 21.0. The monoisotopic (exact) mass is 418 g/mol. The first-order valence-corrected chi connectivity index (χ1v) is 11.1. The molecule has 2 aromatic carbocycles. The van der Waals surface area contributed by atoms with Gasteiger partial charge in [0.2, 0.25) is 10.0 Å². The Morgan fingerprint density at radius 3 is 2.48 bits per heavy atom. The van der Waals surface area contributed by atoms with Gasteiger partial charge in [0, 0.05) is 25.2 Å². The van der Waals surface area contributed by atoms with Gasteiger partial charge in [-0.1, -0.05) is 12.1 Å². The lowest BCUT2D eigenvalue weighted by Crippen LogP contribution is -2.31. The first kappa shape index (κ1) is 21.0. The van der Waals surface area contributed by atoms with E-state index >= 15 is 0 Å². The average molecular weight is 419 g/mol. The molecule has 1 aliphatic heterocycles. The third kappa shape index (κ3) is 4.48. The molecule has 1 fully saturated rings. The van der Waals surface area contributed by atoms with Gasteiger partial charge >= 0.3 is 0 Å². The second-order valence-corrected chi connectivity index (χ2v) is 8.81. The molecule has 0 bridgehead atoms. The molecule has 8 heteroatoms. The highest BCUT2D eigenvalue weighted by atomic mass is 32.2. The van der Waals surface area contributed by atoms with Crippen molar-refractivity contribution in [3.8, 4) is 11.5 Å². The Morgan fingerprint density at radius 1 is 1.10 bits per heavy atom. The average Bonchev–Trinajstić information content (AvgIpc) is 3.10. The van der Waals surface area contributed by atoms with Crippen molar-refractivity contribution in [2.45, 2.75) is 19.9 Å². The van der Waals surface area contributed by atoms with Crippen molar-refractivity contribution < 1.29 is 22.7 Å². The van der Waals surface area contributed by atoms with E-state index in [1.165, 1.54) is 4.31 Å². The number of sulfonamides is 1. The number of rotatable bonds is 7. The molecule has 0 spiro atoms. The minimum absolute atomic E-state index is 0.144. The molecular formula is C21H26N2O5S. The molecule has 0 aliphatic carbocycles. The maximum absolute atomic E-state index is 13.1. The van der Waals surface area contributed by atoms with E-state index in [0.717, 1.165) is 5.56 Å². The summed E-state index contributed by atoms with van der Waals surface area (Å²) in [5.41, 5.74) is 1.92. The normalized spacial score (nSPS) is 15.2. The summed E-state index contributed by atoms with van der Waals surface area (Å²) >= 11 is 0. The smallest absolute Gasteiger partial charge is 0.254 e. The van der Waals surface area contributed by atoms with Crippen LogP contribution < -0.4 is 13.8 Å². The Bertz CT molecular complexity index is 990. The van der Waals surface area contributed by atoms with Gasteiger partial charge < -0.3 is 14.4 Å². The van der Waals surface area contributed by atoms with Gasteiger partial charge in [0.05, 0.1) is 25.7 Å². The predicted octanol–water partition coefficient (Wildman–Crippen LogP) is 2.91. The van der Waals surface area contributed by atoms with E-state index in [4.69, 9.17) is 9.47 Å². The van der Waals surface area contributed by atoms with Crippen LogP contribution in [0.25, 0.3) is 0 Å². The summed E-state index contributed by atoms with van der Waals surface area (Å²) in [6, 6.07) is 12.4. The van der Waals surface area contributed by atoms with Crippen LogP contribution >= 0.6 is 0 Å². The van der Waals surface area contributed by atoms with Crippen LogP contribution in [0, 0.1) is 0 Å². The van der Waals surface area contributed by atoms with Gasteiger partial charge in [0.1, 0.15) is 0 Å². The van der Waals surface area contributed by atoms with Crippen LogP contribution in [0.3, 0.4) is 0 Å². The molecule has 1 saturated heterocycles. The zero-order valence-electron chi connectivity index (χ0n) is 16.9. The molecule has 0 unspecified atom stereocenters. The van der Waals surface area contributed by atoms with Crippen molar-refractivity contribution in [2.24, 2.45) is 0 Å². The van der Waals surface area contributed by atoms with E-state index < -0.39 is 10.0 Å². The molecule has 0 N–H and O–H groups in total. The number of carbonyl (C=O) groups excluding carboxylic acids is 1. The quantitative estimate of drug-likeness (QED) is 0.691. The van der Waals surface area contributed by atoms with E-state index in [9.17, 15) is 13.2 Å². The van der Waals surface area contributed by atoms with Gasteiger partial charge in [-0.15, -0.1) is 0 Å². The molecule has 0 saturated carbocycles. The lowest BCUT2D eigenvalue weighted by atomic mass is 10.1. The van der Waals surface area contributed by atoms with Gasteiger partial charge in [0.15, 0.2) is 11.5 Å². The van der Waals surface area contributed by atoms with Crippen LogP contribution in [-0.4, -0.2) is 52.3 Å². The molecule has 0 aromatic heterocycles. The first-order valence-electron chi connectivity index (χ1n) is 9.50. The van der Waals surface area contributed by atoms with Crippen LogP contribution in [0.1, 0.15) is 29.3 Å². The second kappa shape index (κ2) is 8.73. The third-order valence-corrected chi connectivity index (χ3v) is 6.84. The summed E-state index contributed by atoms with van der Waals surface area (Å²) in [7, 11) is -0.141. The van der Waals surface area contributed by atoms with E-state index in [1.807, 2.05) is 25.1 Å². The number of carbonyl (C=O) groups is 1. The Labute approximate surface area is 171 Å². The third-order valence-electron chi connectivity index (χ3n) is 4.97. The number of hydrogen-bond donors (Lipinski definition) is 0. The fraction of sp³-hybridized carbons (Fsp3) is 0.381. The first-order chi connectivity index (χ1) is 13.9. The summed E-state index contributed by atoms with van der Waals surface area (Å²) in [4.78, 5) is 14.8. The van der Waals surface area contributed by atoms with Crippen molar-refractivity contribution >= 4 is 21.6 Å². The molecule has 1 amide bonds. The molecule has 7 nitrogen and oxygen atoms in total. The summed E-state index contributed by atoms with van der Waals surface area (Å²) in [6.07, 6.45) is 0.598. The van der Waals surface area contributed by atoms with E-state index in [2.05, 4.69) is 0 Å². The molecule has 29 heavy (non-hydrogen) atoms. The fourth-order valence-corrected chi connectivity index (χ4v) is 4.99. The van der Waals surface area contributed by atoms with Gasteiger partial charge in [0.25, 0.3) is 5.91 Å². The molecule has 0 radical (unpaired) electrons. The highest BCUT2D eigenvalue weighted by Gasteiger charge is 2.29. The van der Waals surface area contributed by atoms with Crippen LogP contribution in [0.5, 0.6) is 11.5 Å². The van der Waals surface area contributed by atoms with Crippen molar-refractivity contribution in [3.05, 3.63) is 53.6 Å². The van der Waals surface area contributed by atoms with Gasteiger partial charge in [-0.2, -0.15) is 0 Å². The standard InChI is InChI=1S/C21H26N2O5S/c1-4-22(15-16-9-10-19(27-2)20(13-16)28-3)21(24)17-7-5-8-18(14-17)23-11-6-12-29(23,25)26/h5,7-10,13-14H,4,6,11-12,15H2,1-3H3.